The second-order valence-corrected chi connectivity index (χ2v) is 9.43. The maximum Gasteiger partial charge on any atom is 0.277 e. The third kappa shape index (κ3) is 5.34. The van der Waals surface area contributed by atoms with Crippen molar-refractivity contribution in [2.24, 2.45) is 5.10 Å². The minimum atomic E-state index is -0.370. The molecule has 166 valence electrons. The van der Waals surface area contributed by atoms with Gasteiger partial charge in [0, 0.05) is 22.8 Å². The van der Waals surface area contributed by atoms with E-state index in [1.54, 1.807) is 24.4 Å². The fraction of sp³-hybridized carbons (Fsp3) is 0.417. The number of rotatable bonds is 6. The molecule has 5 nitrogen and oxygen atoms in total. The topological polar surface area (TPSA) is 53.9 Å². The summed E-state index contributed by atoms with van der Waals surface area (Å²) in [4.78, 5) is 14.6. The first-order valence-electron chi connectivity index (χ1n) is 10.4. The van der Waals surface area contributed by atoms with Crippen LogP contribution in [0.2, 0.25) is 10.0 Å². The number of carbonyl (C=O) groups is 1. The van der Waals surface area contributed by atoms with Gasteiger partial charge in [-0.3, -0.25) is 4.79 Å². The van der Waals surface area contributed by atoms with E-state index in [1.165, 1.54) is 11.3 Å². The van der Waals surface area contributed by atoms with Crippen LogP contribution in [-0.4, -0.2) is 30.8 Å². The lowest BCUT2D eigenvalue weighted by Crippen LogP contribution is -2.48. The van der Waals surface area contributed by atoms with E-state index in [1.807, 2.05) is 0 Å². The van der Waals surface area contributed by atoms with E-state index < -0.39 is 0 Å². The summed E-state index contributed by atoms with van der Waals surface area (Å²) in [6.07, 6.45) is 2.78. The van der Waals surface area contributed by atoms with Gasteiger partial charge in [-0.2, -0.15) is 5.10 Å². The zero-order valence-corrected chi connectivity index (χ0v) is 20.1. The van der Waals surface area contributed by atoms with E-state index >= 15 is 0 Å². The van der Waals surface area contributed by atoms with Crippen LogP contribution in [0.15, 0.2) is 35.4 Å². The molecule has 0 aromatic heterocycles. The average Bonchev–Trinajstić information content (AvgIpc) is 2.68. The number of ether oxygens (including phenoxy) is 1. The Morgan fingerprint density at radius 1 is 1.32 bits per heavy atom. The molecule has 2 aromatic rings. The quantitative estimate of drug-likeness (QED) is 0.427. The Morgan fingerprint density at radius 3 is 2.74 bits per heavy atom. The van der Waals surface area contributed by atoms with Crippen molar-refractivity contribution in [2.45, 2.75) is 52.5 Å². The Balaban J connectivity index is 1.67. The normalized spacial score (nSPS) is 17.5. The summed E-state index contributed by atoms with van der Waals surface area (Å²) < 4.78 is 5.43. The largest absolute Gasteiger partial charge is 0.482 e. The van der Waals surface area contributed by atoms with Crippen LogP contribution in [0.4, 0.5) is 5.69 Å². The number of halogens is 2. The minimum Gasteiger partial charge on any atom is -0.482 e. The Labute approximate surface area is 194 Å². The summed E-state index contributed by atoms with van der Waals surface area (Å²) >= 11 is 11.9. The first kappa shape index (κ1) is 23.4. The number of carbonyl (C=O) groups excluding carboxylic acids is 1. The molecule has 1 N–H and O–H groups in total. The molecule has 0 spiro atoms. The smallest absolute Gasteiger partial charge is 0.277 e. The Hall–Kier alpha value is -2.24. The van der Waals surface area contributed by atoms with Gasteiger partial charge in [-0.1, -0.05) is 30.1 Å². The van der Waals surface area contributed by atoms with Gasteiger partial charge >= 0.3 is 0 Å². The molecule has 3 rings (SSSR count). The highest BCUT2D eigenvalue weighted by Crippen LogP contribution is 2.44. The van der Waals surface area contributed by atoms with Crippen LogP contribution in [0, 0.1) is 6.92 Å². The van der Waals surface area contributed by atoms with E-state index in [4.69, 9.17) is 27.9 Å². The molecular formula is C24H29Cl2N3O2. The number of nitrogens with one attached hydrogen (secondary N) is 1. The number of anilines is 1. The number of amides is 1. The molecule has 0 saturated carbocycles. The van der Waals surface area contributed by atoms with Gasteiger partial charge in [-0.05, 0) is 87.1 Å². The molecule has 2 aromatic carbocycles. The molecule has 1 unspecified atom stereocenters. The standard InChI is InChI=1S/C24H29Cl2N3O2/c1-6-29-21-9-15(2)17(10-19(21)16(3)12-24(29,4)5)13-27-28-23(30)14-31-22-8-7-18(25)11-20(22)26/h7-11,13,16H,6,12,14H2,1-5H3,(H,28,30)/b27-13+. The second kappa shape index (κ2) is 9.49. The third-order valence-corrected chi connectivity index (χ3v) is 6.27. The van der Waals surface area contributed by atoms with Crippen LogP contribution < -0.4 is 15.1 Å². The zero-order valence-electron chi connectivity index (χ0n) is 18.6. The number of benzene rings is 2. The highest BCUT2D eigenvalue weighted by Gasteiger charge is 2.35. The molecule has 0 fully saturated rings. The van der Waals surface area contributed by atoms with Crippen molar-refractivity contribution in [3.63, 3.8) is 0 Å². The summed E-state index contributed by atoms with van der Waals surface area (Å²) in [5.41, 5.74) is 7.35. The van der Waals surface area contributed by atoms with Gasteiger partial charge in [0.25, 0.3) is 5.91 Å². The first-order valence-corrected chi connectivity index (χ1v) is 11.2. The van der Waals surface area contributed by atoms with Crippen LogP contribution in [0.3, 0.4) is 0 Å². The third-order valence-electron chi connectivity index (χ3n) is 5.74. The van der Waals surface area contributed by atoms with Crippen molar-refractivity contribution in [3.8, 4) is 5.75 Å². The monoisotopic (exact) mass is 461 g/mol. The molecule has 1 aliphatic rings. The molecule has 0 radical (unpaired) electrons. The van der Waals surface area contributed by atoms with Crippen molar-refractivity contribution in [3.05, 3.63) is 57.1 Å². The lowest BCUT2D eigenvalue weighted by Gasteiger charge is -2.47. The first-order chi connectivity index (χ1) is 14.6. The van der Waals surface area contributed by atoms with Crippen LogP contribution in [0.1, 0.15) is 56.7 Å². The number of hydrogen-bond donors (Lipinski definition) is 1. The lowest BCUT2D eigenvalue weighted by molar-refractivity contribution is -0.123. The van der Waals surface area contributed by atoms with Gasteiger partial charge < -0.3 is 9.64 Å². The molecule has 1 atom stereocenters. The maximum absolute atomic E-state index is 12.1. The number of nitrogens with zero attached hydrogens (tertiary/aromatic N) is 2. The predicted octanol–water partition coefficient (Wildman–Crippen LogP) is 5.94. The zero-order chi connectivity index (χ0) is 22.8. The molecule has 1 heterocycles. The fourth-order valence-corrected chi connectivity index (χ4v) is 4.79. The molecule has 7 heteroatoms. The van der Waals surface area contributed by atoms with Crippen molar-refractivity contribution in [2.75, 3.05) is 18.1 Å². The summed E-state index contributed by atoms with van der Waals surface area (Å²) in [6.45, 7) is 11.9. The molecule has 1 amide bonds. The number of hydrogen-bond acceptors (Lipinski definition) is 4. The van der Waals surface area contributed by atoms with E-state index in [9.17, 15) is 4.79 Å². The van der Waals surface area contributed by atoms with Gasteiger partial charge in [0.15, 0.2) is 6.61 Å². The molecule has 1 aliphatic heterocycles. The Morgan fingerprint density at radius 2 is 2.06 bits per heavy atom. The van der Waals surface area contributed by atoms with Crippen molar-refractivity contribution in [1.82, 2.24) is 5.43 Å². The molecule has 0 bridgehead atoms. The van der Waals surface area contributed by atoms with E-state index in [2.05, 4.69) is 62.2 Å². The Kier molecular flexibility index (Phi) is 7.17. The molecule has 31 heavy (non-hydrogen) atoms. The fourth-order valence-electron chi connectivity index (χ4n) is 4.33. The van der Waals surface area contributed by atoms with Crippen LogP contribution >= 0.6 is 23.2 Å². The van der Waals surface area contributed by atoms with Gasteiger partial charge in [-0.25, -0.2) is 5.43 Å². The average molecular weight is 462 g/mol. The summed E-state index contributed by atoms with van der Waals surface area (Å²) in [5.74, 6) is 0.478. The van der Waals surface area contributed by atoms with Crippen LogP contribution in [0.25, 0.3) is 0 Å². The van der Waals surface area contributed by atoms with E-state index in [0.29, 0.717) is 21.7 Å². The van der Waals surface area contributed by atoms with Gasteiger partial charge in [0.2, 0.25) is 0 Å². The van der Waals surface area contributed by atoms with Crippen LogP contribution in [-0.2, 0) is 4.79 Å². The predicted molar refractivity (Wildman–Crippen MR) is 129 cm³/mol. The van der Waals surface area contributed by atoms with Crippen molar-refractivity contribution < 1.29 is 9.53 Å². The number of fused-ring (bicyclic) bond motifs is 1. The summed E-state index contributed by atoms with van der Waals surface area (Å²) in [7, 11) is 0. The molecule has 0 saturated heterocycles. The second-order valence-electron chi connectivity index (χ2n) is 8.59. The van der Waals surface area contributed by atoms with Crippen molar-refractivity contribution in [1.29, 1.82) is 0 Å². The highest BCUT2D eigenvalue weighted by molar-refractivity contribution is 6.35. The van der Waals surface area contributed by atoms with Crippen molar-refractivity contribution >= 4 is 41.0 Å². The summed E-state index contributed by atoms with van der Waals surface area (Å²) in [5, 5.41) is 4.98. The molecular weight excluding hydrogens is 433 g/mol. The van der Waals surface area contributed by atoms with Gasteiger partial charge in [0.1, 0.15) is 5.75 Å². The maximum atomic E-state index is 12.1. The summed E-state index contributed by atoms with van der Waals surface area (Å²) in [6, 6.07) is 9.26. The SMILES string of the molecule is CCN1c2cc(C)c(/C=N/NC(=O)COc3ccc(Cl)cc3Cl)cc2C(C)CC1(C)C. The molecule has 0 aliphatic carbocycles. The highest BCUT2D eigenvalue weighted by atomic mass is 35.5. The minimum absolute atomic E-state index is 0.129. The van der Waals surface area contributed by atoms with Gasteiger partial charge in [0.05, 0.1) is 11.2 Å². The van der Waals surface area contributed by atoms with Gasteiger partial charge in [-0.15, -0.1) is 0 Å². The van der Waals surface area contributed by atoms with Crippen LogP contribution in [0.5, 0.6) is 5.75 Å². The van der Waals surface area contributed by atoms with E-state index in [0.717, 1.165) is 24.1 Å². The number of aryl methyl sites for hydroxylation is 1. The lowest BCUT2D eigenvalue weighted by atomic mass is 9.79. The van der Waals surface area contributed by atoms with E-state index in [-0.39, 0.29) is 18.1 Å². The number of hydrazone groups is 1. The Bertz CT molecular complexity index is 1000.